The lowest BCUT2D eigenvalue weighted by Crippen LogP contribution is -2.08. The highest BCUT2D eigenvalue weighted by atomic mass is 32.2. The molecule has 0 saturated carbocycles. The average molecular weight is 264 g/mol. The Labute approximate surface area is 110 Å². The summed E-state index contributed by atoms with van der Waals surface area (Å²) in [6, 6.07) is 1.84. The van der Waals surface area contributed by atoms with Crippen LogP contribution in [0.4, 0.5) is 5.95 Å². The minimum absolute atomic E-state index is 0.475. The van der Waals surface area contributed by atoms with Crippen molar-refractivity contribution in [2.24, 2.45) is 0 Å². The molecule has 1 N–H and O–H groups in total. The van der Waals surface area contributed by atoms with Gasteiger partial charge in [0.25, 0.3) is 5.95 Å². The summed E-state index contributed by atoms with van der Waals surface area (Å²) in [5.74, 6) is 1.09. The zero-order valence-electron chi connectivity index (χ0n) is 10.7. The van der Waals surface area contributed by atoms with E-state index in [0.717, 1.165) is 6.42 Å². The van der Waals surface area contributed by atoms with Gasteiger partial charge in [-0.25, -0.2) is 4.68 Å². The lowest BCUT2D eigenvalue weighted by molar-refractivity contribution is 0.759. The lowest BCUT2D eigenvalue weighted by Gasteiger charge is -2.09. The van der Waals surface area contributed by atoms with Crippen molar-refractivity contribution in [3.8, 4) is 5.95 Å². The maximum absolute atomic E-state index is 4.41. The van der Waals surface area contributed by atoms with Crippen LogP contribution in [0.25, 0.3) is 5.95 Å². The summed E-state index contributed by atoms with van der Waals surface area (Å²) in [4.78, 5) is 13.0. The van der Waals surface area contributed by atoms with E-state index in [2.05, 4.69) is 39.2 Å². The molecule has 0 amide bonds. The molecule has 96 valence electrons. The van der Waals surface area contributed by atoms with Crippen molar-refractivity contribution in [2.45, 2.75) is 30.7 Å². The summed E-state index contributed by atoms with van der Waals surface area (Å²) in [6.07, 6.45) is 4.58. The second-order valence-corrected chi connectivity index (χ2v) is 5.18. The van der Waals surface area contributed by atoms with Gasteiger partial charge in [0.15, 0.2) is 5.16 Å². The first-order valence-corrected chi connectivity index (χ1v) is 6.71. The van der Waals surface area contributed by atoms with Crippen molar-refractivity contribution < 1.29 is 0 Å². The Bertz CT molecular complexity index is 498. The third-order valence-electron chi connectivity index (χ3n) is 2.42. The fourth-order valence-electron chi connectivity index (χ4n) is 1.26. The molecule has 0 aliphatic heterocycles. The summed E-state index contributed by atoms with van der Waals surface area (Å²) < 4.78 is 1.63. The quantitative estimate of drug-likeness (QED) is 0.833. The topological polar surface area (TPSA) is 68.5 Å². The number of rotatable bonds is 5. The van der Waals surface area contributed by atoms with Gasteiger partial charge in [0.1, 0.15) is 0 Å². The molecule has 0 fully saturated rings. The average Bonchev–Trinajstić information content (AvgIpc) is 2.92. The van der Waals surface area contributed by atoms with E-state index in [0.29, 0.717) is 22.3 Å². The van der Waals surface area contributed by atoms with Crippen molar-refractivity contribution in [1.82, 2.24) is 24.7 Å². The molecule has 1 atom stereocenters. The number of nitrogens with zero attached hydrogens (tertiary/aromatic N) is 5. The molecule has 0 aromatic carbocycles. The van der Waals surface area contributed by atoms with Gasteiger partial charge in [-0.1, -0.05) is 25.6 Å². The van der Waals surface area contributed by atoms with E-state index >= 15 is 0 Å². The van der Waals surface area contributed by atoms with E-state index < -0.39 is 0 Å². The molecule has 0 spiro atoms. The fraction of sp³-hybridized carbons (Fsp3) is 0.455. The normalized spacial score (nSPS) is 12.4. The SMILES string of the molecule is CCC(C)Sc1nc(NC)nc(-n2cccn2)n1. The van der Waals surface area contributed by atoms with Crippen molar-refractivity contribution in [2.75, 3.05) is 12.4 Å². The van der Waals surface area contributed by atoms with E-state index in [-0.39, 0.29) is 0 Å². The Balaban J connectivity index is 2.33. The first-order chi connectivity index (χ1) is 8.72. The van der Waals surface area contributed by atoms with Crippen LogP contribution in [0.3, 0.4) is 0 Å². The van der Waals surface area contributed by atoms with E-state index in [1.54, 1.807) is 29.7 Å². The minimum atomic E-state index is 0.475. The number of nitrogens with one attached hydrogen (secondary N) is 1. The van der Waals surface area contributed by atoms with Crippen LogP contribution in [0.15, 0.2) is 23.6 Å². The van der Waals surface area contributed by atoms with Gasteiger partial charge in [-0.3, -0.25) is 0 Å². The monoisotopic (exact) mass is 264 g/mol. The summed E-state index contributed by atoms with van der Waals surface area (Å²) in [5, 5.41) is 8.26. The van der Waals surface area contributed by atoms with E-state index in [4.69, 9.17) is 0 Å². The second-order valence-electron chi connectivity index (χ2n) is 3.78. The van der Waals surface area contributed by atoms with Crippen LogP contribution in [-0.4, -0.2) is 37.0 Å². The zero-order chi connectivity index (χ0) is 13.0. The standard InChI is InChI=1S/C11H16N6S/c1-4-8(2)18-11-15-9(12-3)14-10(16-11)17-7-5-6-13-17/h5-8H,4H2,1-3H3,(H,12,14,15,16). The Kier molecular flexibility index (Phi) is 4.14. The highest BCUT2D eigenvalue weighted by Crippen LogP contribution is 2.22. The predicted molar refractivity (Wildman–Crippen MR) is 72.1 cm³/mol. The van der Waals surface area contributed by atoms with Gasteiger partial charge in [0, 0.05) is 24.7 Å². The number of thioether (sulfide) groups is 1. The van der Waals surface area contributed by atoms with Crippen LogP contribution < -0.4 is 5.32 Å². The van der Waals surface area contributed by atoms with E-state index in [1.165, 1.54) is 0 Å². The van der Waals surface area contributed by atoms with Crippen LogP contribution in [0, 0.1) is 0 Å². The minimum Gasteiger partial charge on any atom is -0.357 e. The molecule has 2 aromatic rings. The molecular weight excluding hydrogens is 248 g/mol. The van der Waals surface area contributed by atoms with Crippen LogP contribution in [0.2, 0.25) is 0 Å². The van der Waals surface area contributed by atoms with Gasteiger partial charge in [-0.2, -0.15) is 20.1 Å². The highest BCUT2D eigenvalue weighted by molar-refractivity contribution is 7.99. The molecule has 2 heterocycles. The Morgan fingerprint density at radius 2 is 2.22 bits per heavy atom. The molecule has 6 nitrogen and oxygen atoms in total. The molecule has 0 saturated heterocycles. The van der Waals surface area contributed by atoms with E-state index in [1.807, 2.05) is 12.3 Å². The van der Waals surface area contributed by atoms with Crippen LogP contribution in [0.5, 0.6) is 0 Å². The number of anilines is 1. The number of hydrogen-bond acceptors (Lipinski definition) is 6. The predicted octanol–water partition coefficient (Wildman–Crippen LogP) is 1.99. The molecule has 18 heavy (non-hydrogen) atoms. The van der Waals surface area contributed by atoms with Gasteiger partial charge in [-0.05, 0) is 12.5 Å². The highest BCUT2D eigenvalue weighted by Gasteiger charge is 2.10. The number of hydrogen-bond donors (Lipinski definition) is 1. The third-order valence-corrected chi connectivity index (χ3v) is 3.55. The fourth-order valence-corrected chi connectivity index (χ4v) is 2.06. The zero-order valence-corrected chi connectivity index (χ0v) is 11.5. The van der Waals surface area contributed by atoms with Crippen molar-refractivity contribution >= 4 is 17.7 Å². The molecule has 0 bridgehead atoms. The van der Waals surface area contributed by atoms with Crippen molar-refractivity contribution in [3.05, 3.63) is 18.5 Å². The second kappa shape index (κ2) is 5.81. The first-order valence-electron chi connectivity index (χ1n) is 5.83. The van der Waals surface area contributed by atoms with Crippen LogP contribution in [-0.2, 0) is 0 Å². The first kappa shape index (κ1) is 12.8. The smallest absolute Gasteiger partial charge is 0.256 e. The molecule has 0 radical (unpaired) electrons. The Hall–Kier alpha value is -1.63. The maximum Gasteiger partial charge on any atom is 0.256 e. The van der Waals surface area contributed by atoms with Crippen molar-refractivity contribution in [1.29, 1.82) is 0 Å². The maximum atomic E-state index is 4.41. The van der Waals surface area contributed by atoms with Crippen LogP contribution in [0.1, 0.15) is 20.3 Å². The molecule has 2 rings (SSSR count). The van der Waals surface area contributed by atoms with Crippen molar-refractivity contribution in [3.63, 3.8) is 0 Å². The molecule has 1 unspecified atom stereocenters. The largest absolute Gasteiger partial charge is 0.357 e. The molecule has 7 heteroatoms. The summed E-state index contributed by atoms with van der Waals surface area (Å²) in [6.45, 7) is 4.30. The molecule has 0 aliphatic rings. The van der Waals surface area contributed by atoms with Gasteiger partial charge in [0.2, 0.25) is 5.95 Å². The summed E-state index contributed by atoms with van der Waals surface area (Å²) in [7, 11) is 1.79. The third kappa shape index (κ3) is 2.98. The lowest BCUT2D eigenvalue weighted by atomic mass is 10.4. The Morgan fingerprint density at radius 1 is 1.39 bits per heavy atom. The van der Waals surface area contributed by atoms with Gasteiger partial charge in [0.05, 0.1) is 0 Å². The molecule has 0 aliphatic carbocycles. The summed E-state index contributed by atoms with van der Waals surface area (Å²) >= 11 is 1.64. The van der Waals surface area contributed by atoms with Gasteiger partial charge in [-0.15, -0.1) is 0 Å². The van der Waals surface area contributed by atoms with Gasteiger partial charge < -0.3 is 5.32 Å². The van der Waals surface area contributed by atoms with E-state index in [9.17, 15) is 0 Å². The van der Waals surface area contributed by atoms with Gasteiger partial charge >= 0.3 is 0 Å². The summed E-state index contributed by atoms with van der Waals surface area (Å²) in [5.41, 5.74) is 0. The Morgan fingerprint density at radius 3 is 2.83 bits per heavy atom. The van der Waals surface area contributed by atoms with Crippen LogP contribution >= 0.6 is 11.8 Å². The number of aromatic nitrogens is 5. The molecule has 2 aromatic heterocycles. The molecular formula is C11H16N6S.